The van der Waals surface area contributed by atoms with Gasteiger partial charge in [-0.05, 0) is 25.5 Å². The lowest BCUT2D eigenvalue weighted by molar-refractivity contribution is -0.141. The van der Waals surface area contributed by atoms with E-state index in [1.54, 1.807) is 32.6 Å². The third-order valence-corrected chi connectivity index (χ3v) is 6.18. The lowest BCUT2D eigenvalue weighted by atomic mass is 10.2. The molecule has 4 aromatic rings. The van der Waals surface area contributed by atoms with Crippen molar-refractivity contribution in [1.82, 2.24) is 34.3 Å². The van der Waals surface area contributed by atoms with Crippen LogP contribution in [0.3, 0.4) is 0 Å². The SMILES string of the molecule is COc1cc(C(F)(F)F)nn1-c1ccc(CN2C(=O)CCn3nc(-c4c(Cl)cnn4C(C)C)cc32)cn1. The molecule has 0 bridgehead atoms. The van der Waals surface area contributed by atoms with Crippen LogP contribution in [0.15, 0.2) is 36.7 Å². The Bertz CT molecular complexity index is 1460. The number of amides is 1. The molecule has 0 saturated heterocycles. The van der Waals surface area contributed by atoms with Crippen molar-refractivity contribution in [3.8, 4) is 23.1 Å². The topological polar surface area (TPSA) is 95.9 Å². The average Bonchev–Trinajstić information content (AvgIpc) is 3.57. The van der Waals surface area contributed by atoms with Gasteiger partial charge >= 0.3 is 6.18 Å². The highest BCUT2D eigenvalue weighted by Crippen LogP contribution is 2.34. The minimum absolute atomic E-state index is 0.0594. The number of carbonyl (C=O) groups is 1. The normalized spacial score (nSPS) is 13.9. The van der Waals surface area contributed by atoms with Gasteiger partial charge in [0.25, 0.3) is 0 Å². The smallest absolute Gasteiger partial charge is 0.435 e. The highest BCUT2D eigenvalue weighted by atomic mass is 35.5. The van der Waals surface area contributed by atoms with E-state index in [9.17, 15) is 18.0 Å². The number of hydrogen-bond donors (Lipinski definition) is 0. The van der Waals surface area contributed by atoms with Gasteiger partial charge in [0.15, 0.2) is 11.5 Å². The minimum atomic E-state index is -4.62. The third-order valence-electron chi connectivity index (χ3n) is 5.90. The second kappa shape index (κ2) is 9.21. The first-order valence-electron chi connectivity index (χ1n) is 11.3. The predicted octanol–water partition coefficient (Wildman–Crippen LogP) is 4.53. The van der Waals surface area contributed by atoms with Crippen LogP contribution in [-0.2, 0) is 24.1 Å². The molecule has 1 aliphatic rings. The van der Waals surface area contributed by atoms with Crippen molar-refractivity contribution in [2.45, 2.75) is 45.6 Å². The summed E-state index contributed by atoms with van der Waals surface area (Å²) in [6, 6.07) is 5.85. The Balaban J connectivity index is 1.43. The summed E-state index contributed by atoms with van der Waals surface area (Å²) in [7, 11) is 1.25. The standard InChI is InChI=1S/C23H22ClF3N8O2/c1-13(2)34-22(15(24)11-29-34)16-8-19-32(20(36)6-7-33(19)30-16)12-14-4-5-18(28-10-14)35-21(37-3)9-17(31-35)23(25,26)27/h4-5,8-11,13H,6-7,12H2,1-3H3. The molecule has 0 aromatic carbocycles. The fourth-order valence-electron chi connectivity index (χ4n) is 4.14. The van der Waals surface area contributed by atoms with E-state index in [-0.39, 0.29) is 36.6 Å². The number of pyridine rings is 1. The van der Waals surface area contributed by atoms with E-state index in [1.807, 2.05) is 13.8 Å². The van der Waals surface area contributed by atoms with Gasteiger partial charge in [-0.15, -0.1) is 0 Å². The van der Waals surface area contributed by atoms with Gasteiger partial charge in [-0.3, -0.25) is 14.4 Å². The van der Waals surface area contributed by atoms with Crippen molar-refractivity contribution in [2.75, 3.05) is 12.0 Å². The number of halogens is 4. The second-order valence-corrected chi connectivity index (χ2v) is 9.13. The predicted molar refractivity (Wildman–Crippen MR) is 128 cm³/mol. The van der Waals surface area contributed by atoms with Gasteiger partial charge in [0.05, 0.1) is 31.4 Å². The summed E-state index contributed by atoms with van der Waals surface area (Å²) in [5, 5.41) is 13.0. The summed E-state index contributed by atoms with van der Waals surface area (Å²) in [5.41, 5.74) is 0.854. The number of ether oxygens (including phenoxy) is 1. The Morgan fingerprint density at radius 2 is 1.95 bits per heavy atom. The Kier molecular flexibility index (Phi) is 6.18. The van der Waals surface area contributed by atoms with E-state index in [2.05, 4.69) is 20.3 Å². The molecule has 5 heterocycles. The maximum absolute atomic E-state index is 13.1. The molecule has 0 spiro atoms. The first-order chi connectivity index (χ1) is 17.6. The number of aromatic nitrogens is 7. The number of fused-ring (bicyclic) bond motifs is 1. The molecule has 0 N–H and O–H groups in total. The number of hydrogen-bond acceptors (Lipinski definition) is 6. The molecule has 4 aromatic heterocycles. The highest BCUT2D eigenvalue weighted by Gasteiger charge is 2.35. The lowest BCUT2D eigenvalue weighted by Gasteiger charge is -2.27. The van der Waals surface area contributed by atoms with Crippen LogP contribution in [0.1, 0.15) is 37.6 Å². The van der Waals surface area contributed by atoms with Gasteiger partial charge < -0.3 is 4.74 Å². The quantitative estimate of drug-likeness (QED) is 0.361. The Labute approximate surface area is 214 Å². The zero-order valence-electron chi connectivity index (χ0n) is 20.1. The van der Waals surface area contributed by atoms with Gasteiger partial charge in [0, 0.05) is 30.8 Å². The van der Waals surface area contributed by atoms with Crippen LogP contribution >= 0.6 is 11.6 Å². The molecule has 0 saturated carbocycles. The Morgan fingerprint density at radius 3 is 2.59 bits per heavy atom. The van der Waals surface area contributed by atoms with Crippen molar-refractivity contribution in [2.24, 2.45) is 0 Å². The third kappa shape index (κ3) is 4.54. The molecule has 1 aliphatic heterocycles. The molecule has 1 amide bonds. The summed E-state index contributed by atoms with van der Waals surface area (Å²) in [5.74, 6) is 0.557. The summed E-state index contributed by atoms with van der Waals surface area (Å²) in [6.45, 7) is 4.59. The van der Waals surface area contributed by atoms with Crippen molar-refractivity contribution < 1.29 is 22.7 Å². The number of aryl methyl sites for hydroxylation is 1. The highest BCUT2D eigenvalue weighted by molar-refractivity contribution is 6.33. The van der Waals surface area contributed by atoms with Crippen molar-refractivity contribution in [3.05, 3.63) is 52.9 Å². The summed E-state index contributed by atoms with van der Waals surface area (Å²) < 4.78 is 48.8. The van der Waals surface area contributed by atoms with Crippen molar-refractivity contribution in [3.63, 3.8) is 0 Å². The van der Waals surface area contributed by atoms with E-state index in [4.69, 9.17) is 16.3 Å². The fourth-order valence-corrected chi connectivity index (χ4v) is 4.37. The maximum atomic E-state index is 13.1. The Morgan fingerprint density at radius 1 is 1.16 bits per heavy atom. The number of carbonyl (C=O) groups excluding carboxylic acids is 1. The van der Waals surface area contributed by atoms with Gasteiger partial charge in [0.1, 0.15) is 17.2 Å². The van der Waals surface area contributed by atoms with Crippen LogP contribution < -0.4 is 9.64 Å². The molecule has 10 nitrogen and oxygen atoms in total. The van der Waals surface area contributed by atoms with Gasteiger partial charge in [-0.25, -0.2) is 9.67 Å². The number of anilines is 1. The van der Waals surface area contributed by atoms with E-state index < -0.39 is 11.9 Å². The lowest BCUT2D eigenvalue weighted by Crippen LogP contribution is -2.36. The second-order valence-electron chi connectivity index (χ2n) is 8.73. The van der Waals surface area contributed by atoms with E-state index in [1.165, 1.54) is 19.4 Å². The van der Waals surface area contributed by atoms with Crippen LogP contribution in [0.25, 0.3) is 17.2 Å². The summed E-state index contributed by atoms with van der Waals surface area (Å²) >= 11 is 6.40. The number of methoxy groups -OCH3 is 1. The molecular formula is C23H22ClF3N8O2. The van der Waals surface area contributed by atoms with Gasteiger partial charge in [-0.1, -0.05) is 17.7 Å². The molecule has 194 valence electrons. The molecule has 5 rings (SSSR count). The van der Waals surface area contributed by atoms with E-state index in [0.717, 1.165) is 10.7 Å². The zero-order chi connectivity index (χ0) is 26.5. The van der Waals surface area contributed by atoms with E-state index >= 15 is 0 Å². The number of alkyl halides is 3. The van der Waals surface area contributed by atoms with Crippen molar-refractivity contribution in [1.29, 1.82) is 0 Å². The van der Waals surface area contributed by atoms with Crippen LogP contribution in [0.5, 0.6) is 5.88 Å². The zero-order valence-corrected chi connectivity index (χ0v) is 20.8. The van der Waals surface area contributed by atoms with Crippen LogP contribution in [0.4, 0.5) is 19.0 Å². The summed E-state index contributed by atoms with van der Waals surface area (Å²) in [6.07, 6.45) is -1.30. The fraction of sp³-hybridized carbons (Fsp3) is 0.348. The van der Waals surface area contributed by atoms with Crippen LogP contribution in [0, 0.1) is 0 Å². The van der Waals surface area contributed by atoms with Crippen LogP contribution in [-0.4, -0.2) is 47.3 Å². The van der Waals surface area contributed by atoms with Gasteiger partial charge in [-0.2, -0.15) is 33.1 Å². The van der Waals surface area contributed by atoms with E-state index in [0.29, 0.717) is 34.3 Å². The maximum Gasteiger partial charge on any atom is 0.435 e. The largest absolute Gasteiger partial charge is 0.481 e. The Hall–Kier alpha value is -3.87. The van der Waals surface area contributed by atoms with Crippen molar-refractivity contribution >= 4 is 23.3 Å². The monoisotopic (exact) mass is 534 g/mol. The molecular weight excluding hydrogens is 513 g/mol. The first-order valence-corrected chi connectivity index (χ1v) is 11.7. The van der Waals surface area contributed by atoms with Crippen LogP contribution in [0.2, 0.25) is 5.02 Å². The molecule has 37 heavy (non-hydrogen) atoms. The molecule has 0 aliphatic carbocycles. The molecule has 0 radical (unpaired) electrons. The first kappa shape index (κ1) is 24.8. The average molecular weight is 535 g/mol. The molecule has 0 unspecified atom stereocenters. The minimum Gasteiger partial charge on any atom is -0.481 e. The molecule has 0 atom stereocenters. The van der Waals surface area contributed by atoms with Gasteiger partial charge in [0.2, 0.25) is 11.8 Å². The molecule has 14 heteroatoms. The summed E-state index contributed by atoms with van der Waals surface area (Å²) in [4.78, 5) is 18.7. The number of nitrogens with zero attached hydrogens (tertiary/aromatic N) is 8. The number of rotatable bonds is 6. The molecule has 0 fully saturated rings.